The fourth-order valence-corrected chi connectivity index (χ4v) is 2.41. The Labute approximate surface area is 114 Å². The Morgan fingerprint density at radius 2 is 2.21 bits per heavy atom. The molecule has 1 aliphatic heterocycles. The van der Waals surface area contributed by atoms with Crippen molar-refractivity contribution in [3.63, 3.8) is 0 Å². The quantitative estimate of drug-likeness (QED) is 0.628. The molecule has 0 bridgehead atoms. The summed E-state index contributed by atoms with van der Waals surface area (Å²) >= 11 is 0. The Morgan fingerprint density at radius 1 is 1.53 bits per heavy atom. The third kappa shape index (κ3) is 4.97. The van der Waals surface area contributed by atoms with Gasteiger partial charge >= 0.3 is 6.09 Å². The molecule has 1 saturated heterocycles. The summed E-state index contributed by atoms with van der Waals surface area (Å²) in [6.07, 6.45) is -0.434. The molecule has 0 aromatic carbocycles. The van der Waals surface area contributed by atoms with Gasteiger partial charge in [0.15, 0.2) is 0 Å². The number of likely N-dealkylation sites (tertiary alicyclic amines) is 1. The molecule has 112 valence electrons. The van der Waals surface area contributed by atoms with Crippen LogP contribution < -0.4 is 5.32 Å². The summed E-state index contributed by atoms with van der Waals surface area (Å²) < 4.78 is 5.28. The first kappa shape index (κ1) is 16.2. The van der Waals surface area contributed by atoms with Crippen molar-refractivity contribution in [2.75, 3.05) is 26.7 Å². The van der Waals surface area contributed by atoms with Gasteiger partial charge in [-0.3, -0.25) is 5.32 Å². The van der Waals surface area contributed by atoms with Crippen molar-refractivity contribution in [2.45, 2.75) is 39.0 Å². The van der Waals surface area contributed by atoms with Gasteiger partial charge in [0.2, 0.25) is 0 Å². The highest BCUT2D eigenvalue weighted by Gasteiger charge is 2.32. The van der Waals surface area contributed by atoms with Gasteiger partial charge in [-0.05, 0) is 25.3 Å². The molecule has 3 N–H and O–H groups in total. The van der Waals surface area contributed by atoms with Crippen molar-refractivity contribution < 1.29 is 19.7 Å². The topological polar surface area (TPSA) is 82.0 Å². The van der Waals surface area contributed by atoms with E-state index in [4.69, 9.17) is 9.84 Å². The fourth-order valence-electron chi connectivity index (χ4n) is 2.41. The van der Waals surface area contributed by atoms with Crippen molar-refractivity contribution in [2.24, 2.45) is 11.8 Å². The Kier molecular flexibility index (Phi) is 6.54. The number of amides is 1. The molecular weight excluding hydrogens is 248 g/mol. The Bertz CT molecular complexity index is 286. The van der Waals surface area contributed by atoms with Crippen LogP contribution in [0.1, 0.15) is 26.7 Å². The Balaban J connectivity index is 2.53. The zero-order chi connectivity index (χ0) is 14.4. The van der Waals surface area contributed by atoms with E-state index in [2.05, 4.69) is 19.2 Å². The summed E-state index contributed by atoms with van der Waals surface area (Å²) in [6, 6.07) is 0. The number of aliphatic hydroxyl groups excluding tert-OH is 1. The lowest BCUT2D eigenvalue weighted by molar-refractivity contribution is -0.0714. The van der Waals surface area contributed by atoms with E-state index in [1.54, 1.807) is 7.11 Å². The van der Waals surface area contributed by atoms with Crippen LogP contribution in [0, 0.1) is 11.8 Å². The molecule has 0 radical (unpaired) electrons. The van der Waals surface area contributed by atoms with E-state index in [9.17, 15) is 9.90 Å². The highest BCUT2D eigenvalue weighted by Crippen LogP contribution is 2.22. The average Bonchev–Trinajstić information content (AvgIpc) is 2.39. The van der Waals surface area contributed by atoms with Crippen LogP contribution in [0.25, 0.3) is 0 Å². The van der Waals surface area contributed by atoms with E-state index in [1.807, 2.05) is 0 Å². The summed E-state index contributed by atoms with van der Waals surface area (Å²) in [7, 11) is 1.55. The third-order valence-corrected chi connectivity index (χ3v) is 3.50. The molecule has 0 saturated carbocycles. The van der Waals surface area contributed by atoms with Gasteiger partial charge in [-0.2, -0.15) is 0 Å². The molecule has 0 aromatic rings. The molecule has 0 spiro atoms. The first-order valence-electron chi connectivity index (χ1n) is 6.87. The lowest BCUT2D eigenvalue weighted by Gasteiger charge is -2.36. The molecule has 6 nitrogen and oxygen atoms in total. The van der Waals surface area contributed by atoms with E-state index >= 15 is 0 Å². The van der Waals surface area contributed by atoms with Crippen molar-refractivity contribution >= 4 is 6.09 Å². The van der Waals surface area contributed by atoms with Gasteiger partial charge in [-0.1, -0.05) is 13.8 Å². The van der Waals surface area contributed by atoms with Crippen LogP contribution in [0.3, 0.4) is 0 Å². The average molecular weight is 274 g/mol. The summed E-state index contributed by atoms with van der Waals surface area (Å²) in [6.45, 7) is 5.85. The van der Waals surface area contributed by atoms with Gasteiger partial charge in [-0.25, -0.2) is 4.79 Å². The largest absolute Gasteiger partial charge is 0.465 e. The minimum atomic E-state index is -0.916. The SMILES string of the molecule is COC(NCC(C)C)C(O)C1CCCN(C(=O)O)C1. The maximum absolute atomic E-state index is 11.0. The van der Waals surface area contributed by atoms with Crippen LogP contribution in [0.15, 0.2) is 0 Å². The van der Waals surface area contributed by atoms with Crippen LogP contribution in [-0.2, 0) is 4.74 Å². The number of carboxylic acid groups (broad SMARTS) is 1. The minimum absolute atomic E-state index is 0.0746. The van der Waals surface area contributed by atoms with Crippen LogP contribution in [-0.4, -0.2) is 60.3 Å². The molecular formula is C13H26N2O4. The van der Waals surface area contributed by atoms with Crippen molar-refractivity contribution in [3.05, 3.63) is 0 Å². The molecule has 19 heavy (non-hydrogen) atoms. The van der Waals surface area contributed by atoms with Gasteiger partial charge in [0, 0.05) is 26.1 Å². The predicted octanol–water partition coefficient (Wildman–Crippen LogP) is 0.955. The van der Waals surface area contributed by atoms with Crippen molar-refractivity contribution in [3.8, 4) is 0 Å². The highest BCUT2D eigenvalue weighted by atomic mass is 16.5. The molecule has 1 fully saturated rings. The number of ether oxygens (including phenoxy) is 1. The van der Waals surface area contributed by atoms with E-state index in [1.165, 1.54) is 4.90 Å². The molecule has 1 aliphatic rings. The number of hydrogen-bond acceptors (Lipinski definition) is 4. The first-order valence-corrected chi connectivity index (χ1v) is 6.87. The molecule has 0 aliphatic carbocycles. The molecule has 1 heterocycles. The van der Waals surface area contributed by atoms with Crippen LogP contribution >= 0.6 is 0 Å². The maximum Gasteiger partial charge on any atom is 0.407 e. The van der Waals surface area contributed by atoms with Crippen LogP contribution in [0.2, 0.25) is 0 Å². The summed E-state index contributed by atoms with van der Waals surface area (Å²) in [4.78, 5) is 12.3. The van der Waals surface area contributed by atoms with Gasteiger partial charge < -0.3 is 19.8 Å². The second kappa shape index (κ2) is 7.67. The number of aliphatic hydroxyl groups is 1. The van der Waals surface area contributed by atoms with Gasteiger partial charge in [0.25, 0.3) is 0 Å². The number of piperidine rings is 1. The number of methoxy groups -OCH3 is 1. The van der Waals surface area contributed by atoms with Crippen molar-refractivity contribution in [1.29, 1.82) is 0 Å². The highest BCUT2D eigenvalue weighted by molar-refractivity contribution is 5.65. The molecule has 6 heteroatoms. The van der Waals surface area contributed by atoms with E-state index < -0.39 is 18.4 Å². The maximum atomic E-state index is 11.0. The first-order chi connectivity index (χ1) is 8.95. The molecule has 1 amide bonds. The predicted molar refractivity (Wildman–Crippen MR) is 72.0 cm³/mol. The molecule has 3 unspecified atom stereocenters. The normalized spacial score (nSPS) is 23.4. The Hall–Kier alpha value is -0.850. The number of rotatable bonds is 6. The van der Waals surface area contributed by atoms with Gasteiger partial charge in [0.05, 0.1) is 6.10 Å². The second-order valence-corrected chi connectivity index (χ2v) is 5.58. The molecule has 3 atom stereocenters. The van der Waals surface area contributed by atoms with Crippen LogP contribution in [0.5, 0.6) is 0 Å². The molecule has 1 rings (SSSR count). The lowest BCUT2D eigenvalue weighted by atomic mass is 9.91. The van der Waals surface area contributed by atoms with Crippen molar-refractivity contribution in [1.82, 2.24) is 10.2 Å². The monoisotopic (exact) mass is 274 g/mol. The summed E-state index contributed by atoms with van der Waals surface area (Å²) in [5.41, 5.74) is 0. The number of hydrogen-bond donors (Lipinski definition) is 3. The van der Waals surface area contributed by atoms with Gasteiger partial charge in [0.1, 0.15) is 6.23 Å². The fraction of sp³-hybridized carbons (Fsp3) is 0.923. The zero-order valence-electron chi connectivity index (χ0n) is 12.0. The van der Waals surface area contributed by atoms with E-state index in [0.717, 1.165) is 19.4 Å². The Morgan fingerprint density at radius 3 is 2.74 bits per heavy atom. The van der Waals surface area contributed by atoms with Gasteiger partial charge in [-0.15, -0.1) is 0 Å². The number of nitrogens with one attached hydrogen (secondary N) is 1. The lowest BCUT2D eigenvalue weighted by Crippen LogP contribution is -2.51. The number of nitrogens with zero attached hydrogens (tertiary/aromatic N) is 1. The summed E-state index contributed by atoms with van der Waals surface area (Å²) in [5.74, 6) is 0.390. The third-order valence-electron chi connectivity index (χ3n) is 3.50. The second-order valence-electron chi connectivity index (χ2n) is 5.58. The smallest absolute Gasteiger partial charge is 0.407 e. The van der Waals surface area contributed by atoms with E-state index in [0.29, 0.717) is 19.0 Å². The zero-order valence-corrected chi connectivity index (χ0v) is 12.0. The standard InChI is InChI=1S/C13H26N2O4/c1-9(2)7-14-12(19-3)11(16)10-5-4-6-15(8-10)13(17)18/h9-12,14,16H,4-8H2,1-3H3,(H,17,18). The molecule has 0 aromatic heterocycles. The minimum Gasteiger partial charge on any atom is -0.465 e. The van der Waals surface area contributed by atoms with E-state index in [-0.39, 0.29) is 5.92 Å². The summed E-state index contributed by atoms with van der Waals surface area (Å²) in [5, 5.41) is 22.5. The number of carbonyl (C=O) groups is 1. The van der Waals surface area contributed by atoms with Crippen LogP contribution in [0.4, 0.5) is 4.79 Å².